The molecule has 0 N–H and O–H groups in total. The van der Waals surface area contributed by atoms with Gasteiger partial charge in [-0.3, -0.25) is 4.79 Å². The maximum absolute atomic E-state index is 11.8. The normalized spacial score (nSPS) is 10.5. The Kier molecular flexibility index (Phi) is 2.68. The molecule has 0 saturated carbocycles. The number of aryl methyl sites for hydroxylation is 1. The lowest BCUT2D eigenvalue weighted by Gasteiger charge is -2.03. The van der Waals surface area contributed by atoms with Crippen LogP contribution >= 0.6 is 15.9 Å². The van der Waals surface area contributed by atoms with Crippen molar-refractivity contribution in [1.82, 2.24) is 19.3 Å². The van der Waals surface area contributed by atoms with Gasteiger partial charge in [-0.1, -0.05) is 0 Å². The van der Waals surface area contributed by atoms with Crippen LogP contribution in [0.1, 0.15) is 6.92 Å². The fourth-order valence-electron chi connectivity index (χ4n) is 1.26. The fraction of sp³-hybridized carbons (Fsp3) is 0.222. The average molecular weight is 269 g/mol. The minimum atomic E-state index is -0.143. The van der Waals surface area contributed by atoms with Crippen LogP contribution in [0, 0.1) is 0 Å². The van der Waals surface area contributed by atoms with Crippen molar-refractivity contribution in [3.8, 4) is 5.82 Å². The van der Waals surface area contributed by atoms with Gasteiger partial charge in [0, 0.05) is 25.1 Å². The topological polar surface area (TPSA) is 52.7 Å². The van der Waals surface area contributed by atoms with Crippen molar-refractivity contribution in [2.24, 2.45) is 0 Å². The Morgan fingerprint density at radius 3 is 2.93 bits per heavy atom. The first kappa shape index (κ1) is 10.1. The Labute approximate surface area is 94.5 Å². The molecule has 0 aliphatic heterocycles. The van der Waals surface area contributed by atoms with Gasteiger partial charge in [-0.15, -0.1) is 0 Å². The monoisotopic (exact) mass is 268 g/mol. The zero-order chi connectivity index (χ0) is 10.8. The molecule has 0 radical (unpaired) electrons. The van der Waals surface area contributed by atoms with Crippen molar-refractivity contribution < 1.29 is 0 Å². The lowest BCUT2D eigenvalue weighted by Crippen LogP contribution is -2.24. The number of hydrogen-bond donors (Lipinski definition) is 0. The molecule has 0 aliphatic rings. The summed E-state index contributed by atoms with van der Waals surface area (Å²) in [7, 11) is 0. The van der Waals surface area contributed by atoms with Gasteiger partial charge in [0.25, 0.3) is 5.56 Å². The molecule has 78 valence electrons. The maximum atomic E-state index is 11.8. The Hall–Kier alpha value is -1.43. The van der Waals surface area contributed by atoms with E-state index in [9.17, 15) is 4.79 Å². The summed E-state index contributed by atoms with van der Waals surface area (Å²) >= 11 is 3.27. The van der Waals surface area contributed by atoms with Crippen LogP contribution in [0.5, 0.6) is 0 Å². The molecule has 2 aromatic rings. The second-order valence-electron chi connectivity index (χ2n) is 2.95. The summed E-state index contributed by atoms with van der Waals surface area (Å²) < 4.78 is 3.85. The van der Waals surface area contributed by atoms with Crippen molar-refractivity contribution in [3.63, 3.8) is 0 Å². The molecule has 0 aromatic carbocycles. The van der Waals surface area contributed by atoms with E-state index in [-0.39, 0.29) is 5.56 Å². The molecule has 0 saturated heterocycles. The summed E-state index contributed by atoms with van der Waals surface area (Å²) in [4.78, 5) is 15.9. The van der Waals surface area contributed by atoms with Gasteiger partial charge in [-0.2, -0.15) is 5.10 Å². The quantitative estimate of drug-likeness (QED) is 0.823. The Bertz CT molecular complexity index is 531. The van der Waals surface area contributed by atoms with Crippen LogP contribution in [0.15, 0.2) is 34.1 Å². The molecule has 2 rings (SSSR count). The van der Waals surface area contributed by atoms with Gasteiger partial charge in [-0.05, 0) is 22.9 Å². The molecule has 0 amide bonds. The molecule has 0 unspecified atom stereocenters. The largest absolute Gasteiger partial charge is 0.311 e. The van der Waals surface area contributed by atoms with Crippen molar-refractivity contribution in [2.75, 3.05) is 0 Å². The summed E-state index contributed by atoms with van der Waals surface area (Å²) in [5.41, 5.74) is -0.143. The Balaban J connectivity index is 2.58. The molecule has 15 heavy (non-hydrogen) atoms. The van der Waals surface area contributed by atoms with Crippen molar-refractivity contribution in [2.45, 2.75) is 13.5 Å². The smallest absolute Gasteiger partial charge is 0.295 e. The highest BCUT2D eigenvalue weighted by Crippen LogP contribution is 2.08. The van der Waals surface area contributed by atoms with E-state index in [2.05, 4.69) is 26.0 Å². The number of aromatic nitrogens is 4. The van der Waals surface area contributed by atoms with Gasteiger partial charge >= 0.3 is 0 Å². The molecule has 0 spiro atoms. The molecule has 0 fully saturated rings. The molecule has 2 heterocycles. The lowest BCUT2D eigenvalue weighted by atomic mass is 10.5. The zero-order valence-corrected chi connectivity index (χ0v) is 9.68. The molecule has 0 atom stereocenters. The molecule has 0 aliphatic carbocycles. The predicted molar refractivity (Wildman–Crippen MR) is 59.0 cm³/mol. The van der Waals surface area contributed by atoms with E-state index < -0.39 is 0 Å². The van der Waals surface area contributed by atoms with Gasteiger partial charge in [0.2, 0.25) is 5.82 Å². The van der Waals surface area contributed by atoms with Gasteiger partial charge in [0.15, 0.2) is 0 Å². The maximum Gasteiger partial charge on any atom is 0.295 e. The van der Waals surface area contributed by atoms with Crippen LogP contribution in [0.4, 0.5) is 0 Å². The molecule has 2 aromatic heterocycles. The average Bonchev–Trinajstić information content (AvgIpc) is 2.65. The molecular weight excluding hydrogens is 260 g/mol. The summed E-state index contributed by atoms with van der Waals surface area (Å²) in [5.74, 6) is 0.310. The van der Waals surface area contributed by atoms with Crippen LogP contribution in [0.3, 0.4) is 0 Å². The summed E-state index contributed by atoms with van der Waals surface area (Å²) in [6.45, 7) is 2.53. The van der Waals surface area contributed by atoms with Crippen LogP contribution in [0.25, 0.3) is 5.82 Å². The highest BCUT2D eigenvalue weighted by molar-refractivity contribution is 9.10. The van der Waals surface area contributed by atoms with E-state index in [4.69, 9.17) is 0 Å². The van der Waals surface area contributed by atoms with Gasteiger partial charge < -0.3 is 4.57 Å². The fourth-order valence-corrected chi connectivity index (χ4v) is 1.54. The Morgan fingerprint density at radius 2 is 2.33 bits per heavy atom. The van der Waals surface area contributed by atoms with E-state index >= 15 is 0 Å². The lowest BCUT2D eigenvalue weighted by molar-refractivity contribution is 0.693. The van der Waals surface area contributed by atoms with E-state index in [1.54, 1.807) is 29.4 Å². The summed E-state index contributed by atoms with van der Waals surface area (Å²) in [5, 5.41) is 4.02. The third-order valence-electron chi connectivity index (χ3n) is 2.00. The second kappa shape index (κ2) is 3.98. The van der Waals surface area contributed by atoms with E-state index in [0.29, 0.717) is 12.4 Å². The predicted octanol–water partition coefficient (Wildman–Crippen LogP) is 1.21. The Morgan fingerprint density at radius 1 is 1.53 bits per heavy atom. The minimum absolute atomic E-state index is 0.143. The number of halogens is 1. The van der Waals surface area contributed by atoms with Crippen molar-refractivity contribution >= 4 is 15.9 Å². The van der Waals surface area contributed by atoms with E-state index in [1.807, 2.05) is 6.92 Å². The third-order valence-corrected chi connectivity index (χ3v) is 2.41. The van der Waals surface area contributed by atoms with Gasteiger partial charge in [0.05, 0.1) is 10.7 Å². The summed E-state index contributed by atoms with van der Waals surface area (Å²) in [6.07, 6.45) is 6.56. The SMILES string of the molecule is CCn1ccnc(-n2cc(Br)cn2)c1=O. The molecular formula is C9H9BrN4O. The highest BCUT2D eigenvalue weighted by atomic mass is 79.9. The first-order valence-electron chi connectivity index (χ1n) is 4.48. The minimum Gasteiger partial charge on any atom is -0.311 e. The molecule has 0 bridgehead atoms. The van der Waals surface area contributed by atoms with E-state index in [0.717, 1.165) is 4.47 Å². The van der Waals surface area contributed by atoms with E-state index in [1.165, 1.54) is 4.68 Å². The third kappa shape index (κ3) is 1.85. The first-order valence-corrected chi connectivity index (χ1v) is 5.27. The zero-order valence-electron chi connectivity index (χ0n) is 8.09. The van der Waals surface area contributed by atoms with Crippen LogP contribution in [-0.4, -0.2) is 19.3 Å². The standard InChI is InChI=1S/C9H9BrN4O/c1-2-13-4-3-11-8(9(13)15)14-6-7(10)5-12-14/h3-6H,2H2,1H3. The second-order valence-corrected chi connectivity index (χ2v) is 3.86. The van der Waals surface area contributed by atoms with Crippen LogP contribution in [-0.2, 0) is 6.54 Å². The first-order chi connectivity index (χ1) is 7.22. The number of hydrogen-bond acceptors (Lipinski definition) is 3. The molecule has 5 nitrogen and oxygen atoms in total. The van der Waals surface area contributed by atoms with Crippen LogP contribution < -0.4 is 5.56 Å². The number of nitrogens with zero attached hydrogens (tertiary/aromatic N) is 4. The number of rotatable bonds is 2. The van der Waals surface area contributed by atoms with Crippen molar-refractivity contribution in [3.05, 3.63) is 39.6 Å². The van der Waals surface area contributed by atoms with Gasteiger partial charge in [-0.25, -0.2) is 9.67 Å². The van der Waals surface area contributed by atoms with Crippen molar-refractivity contribution in [1.29, 1.82) is 0 Å². The highest BCUT2D eigenvalue weighted by Gasteiger charge is 2.06. The van der Waals surface area contributed by atoms with Crippen LogP contribution in [0.2, 0.25) is 0 Å². The molecule has 6 heteroatoms. The summed E-state index contributed by atoms with van der Waals surface area (Å²) in [6, 6.07) is 0. The van der Waals surface area contributed by atoms with Gasteiger partial charge in [0.1, 0.15) is 0 Å².